The van der Waals surface area contributed by atoms with E-state index >= 15 is 0 Å². The van der Waals surface area contributed by atoms with Gasteiger partial charge in [-0.05, 0) is 35.4 Å². The lowest BCUT2D eigenvalue weighted by Gasteiger charge is -2.06. The summed E-state index contributed by atoms with van der Waals surface area (Å²) in [5, 5.41) is 0. The molecule has 92 valence electrons. The number of hydrogen-bond acceptors (Lipinski definition) is 2. The Morgan fingerprint density at radius 1 is 1.00 bits per heavy atom. The first kappa shape index (κ1) is 11.2. The average molecular weight is 244 g/mol. The van der Waals surface area contributed by atoms with Crippen LogP contribution in [0, 0.1) is 5.82 Å². The van der Waals surface area contributed by atoms with E-state index in [1.165, 1.54) is 12.1 Å². The Hall–Kier alpha value is -1.87. The van der Waals surface area contributed by atoms with Crippen LogP contribution in [0.25, 0.3) is 11.1 Å². The van der Waals surface area contributed by atoms with E-state index < -0.39 is 0 Å². The number of rotatable bonds is 4. The molecule has 2 aromatic rings. The molecule has 3 rings (SSSR count). The molecule has 18 heavy (non-hydrogen) atoms. The molecule has 2 nitrogen and oxygen atoms in total. The fourth-order valence-corrected chi connectivity index (χ4v) is 1.74. The van der Waals surface area contributed by atoms with Crippen molar-refractivity contribution in [3.8, 4) is 16.9 Å². The van der Waals surface area contributed by atoms with Crippen LogP contribution < -0.4 is 4.74 Å². The summed E-state index contributed by atoms with van der Waals surface area (Å²) in [6.07, 6.45) is 0.266. The molecule has 3 heteroatoms. The Morgan fingerprint density at radius 2 is 1.56 bits per heavy atom. The molecule has 1 aliphatic heterocycles. The predicted octanol–water partition coefficient (Wildman–Crippen LogP) is 3.27. The number of hydrogen-bond donors (Lipinski definition) is 0. The summed E-state index contributed by atoms with van der Waals surface area (Å²) in [4.78, 5) is 0. The van der Waals surface area contributed by atoms with Crippen LogP contribution in [0.2, 0.25) is 0 Å². The monoisotopic (exact) mass is 244 g/mol. The van der Waals surface area contributed by atoms with Gasteiger partial charge in [0, 0.05) is 0 Å². The normalized spacial score (nSPS) is 17.5. The molecule has 1 fully saturated rings. The Bertz CT molecular complexity index is 515. The van der Waals surface area contributed by atoms with Crippen molar-refractivity contribution in [2.24, 2.45) is 0 Å². The van der Waals surface area contributed by atoms with Gasteiger partial charge in [-0.25, -0.2) is 4.39 Å². The first-order chi connectivity index (χ1) is 8.81. The van der Waals surface area contributed by atoms with Crippen LogP contribution >= 0.6 is 0 Å². The fourth-order valence-electron chi connectivity index (χ4n) is 1.74. The largest absolute Gasteiger partial charge is 0.491 e. The van der Waals surface area contributed by atoms with Gasteiger partial charge in [-0.1, -0.05) is 24.3 Å². The standard InChI is InChI=1S/C15H13FO2/c16-13-5-1-11(2-6-13)12-3-7-14(8-4-12)17-9-15-10-18-15/h1-8,15H,9-10H2. The predicted molar refractivity (Wildman–Crippen MR) is 67.1 cm³/mol. The smallest absolute Gasteiger partial charge is 0.123 e. The lowest BCUT2D eigenvalue weighted by molar-refractivity contribution is 0.263. The van der Waals surface area contributed by atoms with Gasteiger partial charge in [-0.2, -0.15) is 0 Å². The van der Waals surface area contributed by atoms with Crippen molar-refractivity contribution in [3.63, 3.8) is 0 Å². The molecule has 1 atom stereocenters. The molecule has 1 unspecified atom stereocenters. The third-order valence-electron chi connectivity index (χ3n) is 2.87. The minimum Gasteiger partial charge on any atom is -0.491 e. The minimum absolute atomic E-state index is 0.219. The Kier molecular flexibility index (Phi) is 2.99. The number of epoxide rings is 1. The van der Waals surface area contributed by atoms with E-state index in [2.05, 4.69) is 0 Å². The maximum absolute atomic E-state index is 12.8. The topological polar surface area (TPSA) is 21.8 Å². The van der Waals surface area contributed by atoms with E-state index in [4.69, 9.17) is 9.47 Å². The molecule has 2 aromatic carbocycles. The van der Waals surface area contributed by atoms with Gasteiger partial charge in [0.05, 0.1) is 6.61 Å². The first-order valence-corrected chi connectivity index (χ1v) is 5.92. The van der Waals surface area contributed by atoms with Crippen LogP contribution in [0.4, 0.5) is 4.39 Å². The maximum Gasteiger partial charge on any atom is 0.123 e. The van der Waals surface area contributed by atoms with Crippen LogP contribution in [0.1, 0.15) is 0 Å². The van der Waals surface area contributed by atoms with Gasteiger partial charge >= 0.3 is 0 Å². The fraction of sp³-hybridized carbons (Fsp3) is 0.200. The third-order valence-corrected chi connectivity index (χ3v) is 2.87. The van der Waals surface area contributed by atoms with Crippen LogP contribution in [-0.2, 0) is 4.74 Å². The Morgan fingerprint density at radius 3 is 2.11 bits per heavy atom. The zero-order valence-electron chi connectivity index (χ0n) is 9.80. The van der Waals surface area contributed by atoms with Gasteiger partial charge in [0.1, 0.15) is 24.3 Å². The highest BCUT2D eigenvalue weighted by atomic mass is 19.1. The molecule has 1 heterocycles. The van der Waals surface area contributed by atoms with Crippen molar-refractivity contribution in [1.82, 2.24) is 0 Å². The van der Waals surface area contributed by atoms with Crippen molar-refractivity contribution < 1.29 is 13.9 Å². The van der Waals surface area contributed by atoms with Crippen LogP contribution in [0.15, 0.2) is 48.5 Å². The summed E-state index contributed by atoms with van der Waals surface area (Å²) in [6, 6.07) is 14.2. The second-order valence-electron chi connectivity index (χ2n) is 4.30. The second-order valence-corrected chi connectivity index (χ2v) is 4.30. The van der Waals surface area contributed by atoms with Gasteiger partial charge in [0.25, 0.3) is 0 Å². The molecule has 0 spiro atoms. The van der Waals surface area contributed by atoms with E-state index in [1.807, 2.05) is 24.3 Å². The summed E-state index contributed by atoms with van der Waals surface area (Å²) < 4.78 is 23.4. The highest BCUT2D eigenvalue weighted by Crippen LogP contribution is 2.23. The SMILES string of the molecule is Fc1ccc(-c2ccc(OCC3CO3)cc2)cc1. The highest BCUT2D eigenvalue weighted by Gasteiger charge is 2.22. The van der Waals surface area contributed by atoms with E-state index in [0.717, 1.165) is 23.5 Å². The quantitative estimate of drug-likeness (QED) is 0.770. The molecule has 0 N–H and O–H groups in total. The van der Waals surface area contributed by atoms with Crippen molar-refractivity contribution in [3.05, 3.63) is 54.3 Å². The van der Waals surface area contributed by atoms with Crippen LogP contribution in [-0.4, -0.2) is 19.3 Å². The van der Waals surface area contributed by atoms with E-state index in [-0.39, 0.29) is 11.9 Å². The lowest BCUT2D eigenvalue weighted by Crippen LogP contribution is -2.03. The summed E-state index contributed by atoms with van der Waals surface area (Å²) in [5.74, 6) is 0.611. The van der Waals surface area contributed by atoms with Crippen molar-refractivity contribution in [1.29, 1.82) is 0 Å². The summed E-state index contributed by atoms with van der Waals surface area (Å²) in [6.45, 7) is 1.41. The minimum atomic E-state index is -0.219. The Labute approximate surface area is 105 Å². The Balaban J connectivity index is 1.71. The molecule has 1 aliphatic rings. The third kappa shape index (κ3) is 2.68. The van der Waals surface area contributed by atoms with Gasteiger partial charge in [-0.15, -0.1) is 0 Å². The number of halogens is 1. The lowest BCUT2D eigenvalue weighted by atomic mass is 10.1. The molecule has 0 radical (unpaired) electrons. The second kappa shape index (κ2) is 4.78. The van der Waals surface area contributed by atoms with Gasteiger partial charge in [-0.3, -0.25) is 0 Å². The van der Waals surface area contributed by atoms with E-state index in [9.17, 15) is 4.39 Å². The molecular formula is C15H13FO2. The van der Waals surface area contributed by atoms with E-state index in [0.29, 0.717) is 6.61 Å². The average Bonchev–Trinajstić information content (AvgIpc) is 3.22. The molecule has 1 saturated heterocycles. The van der Waals surface area contributed by atoms with Gasteiger partial charge in [0.15, 0.2) is 0 Å². The van der Waals surface area contributed by atoms with Crippen LogP contribution in [0.3, 0.4) is 0 Å². The zero-order valence-corrected chi connectivity index (χ0v) is 9.80. The summed E-state index contributed by atoms with van der Waals surface area (Å²) in [7, 11) is 0. The highest BCUT2D eigenvalue weighted by molar-refractivity contribution is 5.63. The number of benzene rings is 2. The summed E-state index contributed by atoms with van der Waals surface area (Å²) >= 11 is 0. The number of ether oxygens (including phenoxy) is 2. The molecule has 0 aromatic heterocycles. The van der Waals surface area contributed by atoms with Crippen molar-refractivity contribution in [2.75, 3.05) is 13.2 Å². The molecular weight excluding hydrogens is 231 g/mol. The maximum atomic E-state index is 12.8. The molecule has 0 bridgehead atoms. The first-order valence-electron chi connectivity index (χ1n) is 5.92. The van der Waals surface area contributed by atoms with Crippen molar-refractivity contribution in [2.45, 2.75) is 6.10 Å². The molecule has 0 aliphatic carbocycles. The van der Waals surface area contributed by atoms with Crippen LogP contribution in [0.5, 0.6) is 5.75 Å². The summed E-state index contributed by atoms with van der Waals surface area (Å²) in [5.41, 5.74) is 2.04. The van der Waals surface area contributed by atoms with Gasteiger partial charge in [0.2, 0.25) is 0 Å². The zero-order chi connectivity index (χ0) is 12.4. The van der Waals surface area contributed by atoms with Gasteiger partial charge < -0.3 is 9.47 Å². The molecule has 0 saturated carbocycles. The van der Waals surface area contributed by atoms with Crippen molar-refractivity contribution >= 4 is 0 Å². The molecule has 0 amide bonds. The van der Waals surface area contributed by atoms with E-state index in [1.54, 1.807) is 12.1 Å².